The lowest BCUT2D eigenvalue weighted by Crippen LogP contribution is -2.30. The van der Waals surface area contributed by atoms with Gasteiger partial charge in [0.25, 0.3) is 0 Å². The van der Waals surface area contributed by atoms with E-state index in [4.69, 9.17) is 11.6 Å². The van der Waals surface area contributed by atoms with Crippen LogP contribution in [0.15, 0.2) is 40.2 Å². The summed E-state index contributed by atoms with van der Waals surface area (Å²) in [5, 5.41) is 0. The molecule has 0 saturated heterocycles. The normalized spacial score (nSPS) is 11.9. The maximum Gasteiger partial charge on any atom is 0.247 e. The fourth-order valence-corrected chi connectivity index (χ4v) is 4.26. The second kappa shape index (κ2) is 6.09. The third-order valence-corrected chi connectivity index (χ3v) is 5.84. The van der Waals surface area contributed by atoms with Crippen LogP contribution in [-0.2, 0) is 16.6 Å². The number of hydrogen-bond acceptors (Lipinski definition) is 4. The summed E-state index contributed by atoms with van der Waals surface area (Å²) >= 11 is 7.19. The van der Waals surface area contributed by atoms with Crippen LogP contribution in [0.5, 0.6) is 0 Å². The third-order valence-electron chi connectivity index (χ3n) is 2.71. The van der Waals surface area contributed by atoms with Gasteiger partial charge in [0.1, 0.15) is 0 Å². The van der Waals surface area contributed by atoms with E-state index < -0.39 is 10.0 Å². The number of nitrogens with zero attached hydrogens (tertiary/aromatic N) is 1. The Bertz CT molecular complexity index is 732. The highest BCUT2D eigenvalue weighted by Gasteiger charge is 2.23. The molecule has 5 nitrogen and oxygen atoms in total. The van der Waals surface area contributed by atoms with Crippen LogP contribution in [0.3, 0.4) is 0 Å². The molecule has 1 N–H and O–H groups in total. The molecule has 0 aliphatic heterocycles. The summed E-state index contributed by atoms with van der Waals surface area (Å²) < 4.78 is 26.9. The Hall–Kier alpha value is -1.15. The number of rotatable bonds is 5. The zero-order chi connectivity index (χ0) is 14.8. The van der Waals surface area contributed by atoms with E-state index in [0.717, 1.165) is 4.88 Å². The summed E-state index contributed by atoms with van der Waals surface area (Å²) in [7, 11) is -3.63. The maximum atomic E-state index is 12.5. The molecule has 0 aliphatic rings. The van der Waals surface area contributed by atoms with Gasteiger partial charge < -0.3 is 4.98 Å². The van der Waals surface area contributed by atoms with Crippen LogP contribution in [0, 0.1) is 0 Å². The minimum atomic E-state index is -3.63. The van der Waals surface area contributed by atoms with Gasteiger partial charge in [-0.3, -0.25) is 4.79 Å². The Morgan fingerprint density at radius 3 is 2.55 bits per heavy atom. The van der Waals surface area contributed by atoms with Gasteiger partial charge in [-0.25, -0.2) is 8.42 Å². The van der Waals surface area contributed by atoms with Gasteiger partial charge in [0.05, 0.1) is 9.23 Å². The molecule has 0 radical (unpaired) electrons. The van der Waals surface area contributed by atoms with Gasteiger partial charge in [-0.2, -0.15) is 4.31 Å². The molecule has 0 atom stereocenters. The predicted molar refractivity (Wildman–Crippen MR) is 79.7 cm³/mol. The van der Waals surface area contributed by atoms with E-state index in [2.05, 4.69) is 4.98 Å². The van der Waals surface area contributed by atoms with Crippen LogP contribution in [0.25, 0.3) is 0 Å². The second-order valence-corrected chi connectivity index (χ2v) is 7.76. The van der Waals surface area contributed by atoms with E-state index in [9.17, 15) is 13.2 Å². The molecule has 20 heavy (non-hydrogen) atoms. The molecule has 2 rings (SSSR count). The quantitative estimate of drug-likeness (QED) is 0.913. The molecule has 108 valence electrons. The number of sulfonamides is 1. The van der Waals surface area contributed by atoms with Crippen molar-refractivity contribution in [3.63, 3.8) is 0 Å². The first-order valence-corrected chi connectivity index (χ1v) is 8.50. The average molecular weight is 333 g/mol. The standard InChI is InChI=1S/C12H13ClN2O3S2/c1-2-15(8-9-3-5-11(13)19-9)20(17,18)10-4-6-12(16)14-7-10/h3-7H,2,8H2,1H3,(H,14,16). The van der Waals surface area contributed by atoms with E-state index in [1.807, 2.05) is 0 Å². The van der Waals surface area contributed by atoms with Gasteiger partial charge in [-0.1, -0.05) is 18.5 Å². The van der Waals surface area contributed by atoms with Gasteiger partial charge in [0.2, 0.25) is 15.6 Å². The van der Waals surface area contributed by atoms with Crippen molar-refractivity contribution in [3.8, 4) is 0 Å². The van der Waals surface area contributed by atoms with Crippen LogP contribution in [0.4, 0.5) is 0 Å². The van der Waals surface area contributed by atoms with E-state index in [1.165, 1.54) is 34.0 Å². The molecule has 0 unspecified atom stereocenters. The number of aromatic nitrogens is 1. The Kier molecular flexibility index (Phi) is 4.64. The predicted octanol–water partition coefficient (Wildman–Crippen LogP) is 2.30. The average Bonchev–Trinajstić information content (AvgIpc) is 2.82. The lowest BCUT2D eigenvalue weighted by molar-refractivity contribution is 0.426. The minimum absolute atomic E-state index is 0.0709. The van der Waals surface area contributed by atoms with Crippen molar-refractivity contribution < 1.29 is 8.42 Å². The van der Waals surface area contributed by atoms with Gasteiger partial charge in [0, 0.05) is 30.2 Å². The number of thiophene rings is 1. The number of nitrogens with one attached hydrogen (secondary N) is 1. The first kappa shape index (κ1) is 15.2. The largest absolute Gasteiger partial charge is 0.328 e. The van der Waals surface area contributed by atoms with Crippen molar-refractivity contribution in [2.45, 2.75) is 18.4 Å². The monoisotopic (exact) mass is 332 g/mol. The summed E-state index contributed by atoms with van der Waals surface area (Å²) in [6.07, 6.45) is 1.21. The number of halogens is 1. The van der Waals surface area contributed by atoms with E-state index >= 15 is 0 Å². The van der Waals surface area contributed by atoms with Gasteiger partial charge in [0.15, 0.2) is 0 Å². The van der Waals surface area contributed by atoms with E-state index in [1.54, 1.807) is 19.1 Å². The molecule has 2 aromatic heterocycles. The van der Waals surface area contributed by atoms with Crippen molar-refractivity contribution in [1.82, 2.24) is 9.29 Å². The summed E-state index contributed by atoms with van der Waals surface area (Å²) in [6.45, 7) is 2.35. The molecule has 0 bridgehead atoms. The second-order valence-electron chi connectivity index (χ2n) is 4.03. The number of H-pyrrole nitrogens is 1. The molecular formula is C12H13ClN2O3S2. The first-order valence-electron chi connectivity index (χ1n) is 5.86. The number of pyridine rings is 1. The summed E-state index contributed by atoms with van der Waals surface area (Å²) in [5.74, 6) is 0. The van der Waals surface area contributed by atoms with Gasteiger partial charge in [-0.05, 0) is 18.2 Å². The molecule has 0 amide bonds. The van der Waals surface area contributed by atoms with Crippen LogP contribution in [-0.4, -0.2) is 24.3 Å². The highest BCUT2D eigenvalue weighted by atomic mass is 35.5. The molecule has 2 heterocycles. The van der Waals surface area contributed by atoms with E-state index in [-0.39, 0.29) is 17.0 Å². The highest BCUT2D eigenvalue weighted by molar-refractivity contribution is 7.89. The Morgan fingerprint density at radius 2 is 2.05 bits per heavy atom. The van der Waals surface area contributed by atoms with Crippen molar-refractivity contribution in [2.75, 3.05) is 6.54 Å². The zero-order valence-electron chi connectivity index (χ0n) is 10.7. The lowest BCUT2D eigenvalue weighted by atomic mass is 10.4. The Morgan fingerprint density at radius 1 is 1.30 bits per heavy atom. The van der Waals surface area contributed by atoms with Crippen molar-refractivity contribution in [2.24, 2.45) is 0 Å². The Balaban J connectivity index is 2.29. The van der Waals surface area contributed by atoms with Crippen LogP contribution < -0.4 is 5.56 Å². The van der Waals surface area contributed by atoms with Crippen LogP contribution in [0.1, 0.15) is 11.8 Å². The number of hydrogen-bond donors (Lipinski definition) is 1. The molecule has 0 aromatic carbocycles. The molecule has 8 heteroatoms. The first-order chi connectivity index (χ1) is 9.43. The third kappa shape index (κ3) is 3.29. The molecular weight excluding hydrogens is 320 g/mol. The summed E-state index contributed by atoms with van der Waals surface area (Å²) in [4.78, 5) is 14.3. The van der Waals surface area contributed by atoms with Crippen LogP contribution in [0.2, 0.25) is 4.34 Å². The molecule has 0 spiro atoms. The molecule has 0 saturated carbocycles. The van der Waals surface area contributed by atoms with Crippen LogP contribution >= 0.6 is 22.9 Å². The molecule has 0 aliphatic carbocycles. The minimum Gasteiger partial charge on any atom is -0.328 e. The van der Waals surface area contributed by atoms with Crippen molar-refractivity contribution in [3.05, 3.63) is 50.0 Å². The van der Waals surface area contributed by atoms with Crippen molar-refractivity contribution >= 4 is 33.0 Å². The zero-order valence-corrected chi connectivity index (χ0v) is 13.1. The Labute approximate surface area is 125 Å². The summed E-state index contributed by atoms with van der Waals surface area (Å²) in [6, 6.07) is 6.04. The van der Waals surface area contributed by atoms with Gasteiger partial charge >= 0.3 is 0 Å². The van der Waals surface area contributed by atoms with Gasteiger partial charge in [-0.15, -0.1) is 11.3 Å². The van der Waals surface area contributed by atoms with Crippen molar-refractivity contribution in [1.29, 1.82) is 0 Å². The molecule has 2 aromatic rings. The smallest absolute Gasteiger partial charge is 0.247 e. The maximum absolute atomic E-state index is 12.5. The summed E-state index contributed by atoms with van der Waals surface area (Å²) in [5.41, 5.74) is -0.336. The fourth-order valence-electron chi connectivity index (χ4n) is 1.68. The highest BCUT2D eigenvalue weighted by Crippen LogP contribution is 2.24. The lowest BCUT2D eigenvalue weighted by Gasteiger charge is -2.19. The number of aromatic amines is 1. The SMILES string of the molecule is CCN(Cc1ccc(Cl)s1)S(=O)(=O)c1ccc(=O)[nH]c1. The van der Waals surface area contributed by atoms with E-state index in [0.29, 0.717) is 10.9 Å². The topological polar surface area (TPSA) is 70.2 Å². The fraction of sp³-hybridized carbons (Fsp3) is 0.250. The molecule has 0 fully saturated rings.